The zero-order valence-corrected chi connectivity index (χ0v) is 23.4. The number of carbonyl (C=O) groups excluding carboxylic acids is 5. The molecule has 4 rings (SSSR count). The van der Waals surface area contributed by atoms with Gasteiger partial charge in [0.15, 0.2) is 6.61 Å². The molecule has 0 radical (unpaired) electrons. The smallest absolute Gasteiger partial charge is 0.383 e. The molecule has 14 heteroatoms. The van der Waals surface area contributed by atoms with Crippen molar-refractivity contribution in [3.05, 3.63) is 65.7 Å². The third kappa shape index (κ3) is 9.05. The molecule has 0 aromatic heterocycles. The van der Waals surface area contributed by atoms with Crippen molar-refractivity contribution in [3.63, 3.8) is 0 Å². The molecule has 12 nitrogen and oxygen atoms in total. The average Bonchev–Trinajstić information content (AvgIpc) is 2.96. The van der Waals surface area contributed by atoms with E-state index in [-0.39, 0.29) is 12.3 Å². The highest BCUT2D eigenvalue weighted by Gasteiger charge is 2.50. The molecular formula is C29H32F2N4O8. The van der Waals surface area contributed by atoms with E-state index in [0.29, 0.717) is 11.1 Å². The van der Waals surface area contributed by atoms with Crippen LogP contribution in [0.2, 0.25) is 0 Å². The van der Waals surface area contributed by atoms with E-state index in [0.717, 1.165) is 0 Å². The Kier molecular flexibility index (Phi) is 10.9. The van der Waals surface area contributed by atoms with E-state index in [9.17, 15) is 33.9 Å². The summed E-state index contributed by atoms with van der Waals surface area (Å²) >= 11 is 0. The molecule has 0 aliphatic carbocycles. The highest BCUT2D eigenvalue weighted by molar-refractivity contribution is 6.10. The van der Waals surface area contributed by atoms with Crippen molar-refractivity contribution in [2.24, 2.45) is 5.92 Å². The molecule has 2 bridgehead atoms. The van der Waals surface area contributed by atoms with E-state index in [1.165, 1.54) is 38.1 Å². The first kappa shape index (κ1) is 32.6. The third-order valence-corrected chi connectivity index (χ3v) is 6.53. The first-order valence-electron chi connectivity index (χ1n) is 13.4. The van der Waals surface area contributed by atoms with Gasteiger partial charge in [0.1, 0.15) is 17.8 Å². The third-order valence-electron chi connectivity index (χ3n) is 6.53. The second-order valence-electron chi connectivity index (χ2n) is 10.3. The second-order valence-corrected chi connectivity index (χ2v) is 10.3. The first-order valence-corrected chi connectivity index (χ1v) is 13.4. The summed E-state index contributed by atoms with van der Waals surface area (Å²) in [6.45, 7) is 2.18. The number of fused-ring (bicyclic) bond motifs is 13. The largest absolute Gasteiger partial charge is 0.484 e. The van der Waals surface area contributed by atoms with E-state index in [1.807, 2.05) is 5.32 Å². The van der Waals surface area contributed by atoms with E-state index < -0.39 is 84.8 Å². The van der Waals surface area contributed by atoms with E-state index >= 15 is 8.78 Å². The molecule has 2 heterocycles. The molecule has 3 atom stereocenters. The Bertz CT molecular complexity index is 1350. The summed E-state index contributed by atoms with van der Waals surface area (Å²) < 4.78 is 35.8. The Morgan fingerprint density at radius 1 is 0.977 bits per heavy atom. The SMILES string of the molecule is CC(C)C1NC(=O)C(CC(=O)O)NC(=O)COc2ccc(cc2)CC(C(=O)C(F)(F)C(=O)NCc2ccccc2)NC1=O. The second kappa shape index (κ2) is 14.3. The number of carboxylic acid groups (broad SMARTS) is 1. The van der Waals surface area contributed by atoms with Crippen LogP contribution in [0.25, 0.3) is 0 Å². The van der Waals surface area contributed by atoms with Crippen molar-refractivity contribution in [2.75, 3.05) is 6.61 Å². The van der Waals surface area contributed by atoms with E-state index in [4.69, 9.17) is 4.74 Å². The molecule has 2 aromatic carbocycles. The lowest BCUT2D eigenvalue weighted by Gasteiger charge is -2.28. The van der Waals surface area contributed by atoms with Gasteiger partial charge in [-0.05, 0) is 29.2 Å². The minimum Gasteiger partial charge on any atom is -0.484 e. The van der Waals surface area contributed by atoms with Crippen LogP contribution < -0.4 is 26.0 Å². The van der Waals surface area contributed by atoms with Crippen LogP contribution in [-0.4, -0.2) is 71.1 Å². The number of ether oxygens (including phenoxy) is 1. The molecular weight excluding hydrogens is 570 g/mol. The Morgan fingerprint density at radius 3 is 2.23 bits per heavy atom. The Balaban J connectivity index is 1.93. The molecule has 0 saturated heterocycles. The molecule has 4 amide bonds. The van der Waals surface area contributed by atoms with Crippen molar-refractivity contribution in [1.29, 1.82) is 0 Å². The topological polar surface area (TPSA) is 180 Å². The van der Waals surface area contributed by atoms with Crippen molar-refractivity contribution in [3.8, 4) is 5.75 Å². The average molecular weight is 603 g/mol. The van der Waals surface area contributed by atoms with Crippen LogP contribution in [0, 0.1) is 5.92 Å². The fourth-order valence-corrected chi connectivity index (χ4v) is 4.21. The van der Waals surface area contributed by atoms with Crippen molar-refractivity contribution in [2.45, 2.75) is 57.3 Å². The van der Waals surface area contributed by atoms with Crippen LogP contribution in [0.5, 0.6) is 5.75 Å². The molecule has 3 unspecified atom stereocenters. The van der Waals surface area contributed by atoms with Crippen LogP contribution >= 0.6 is 0 Å². The molecule has 0 spiro atoms. The zero-order chi connectivity index (χ0) is 31.7. The number of hydrogen-bond donors (Lipinski definition) is 5. The van der Waals surface area contributed by atoms with Gasteiger partial charge in [-0.15, -0.1) is 0 Å². The van der Waals surface area contributed by atoms with Crippen LogP contribution in [0.15, 0.2) is 54.6 Å². The van der Waals surface area contributed by atoms with Gasteiger partial charge in [0, 0.05) is 13.0 Å². The number of Topliss-reactive ketones (excluding diaryl/α,β-unsaturated/α-hetero) is 1. The maximum atomic E-state index is 15.2. The van der Waals surface area contributed by atoms with Gasteiger partial charge in [-0.25, -0.2) is 0 Å². The summed E-state index contributed by atoms with van der Waals surface area (Å²) in [5, 5.41) is 18.1. The quantitative estimate of drug-likeness (QED) is 0.217. The fraction of sp³-hybridized carbons (Fsp3) is 0.379. The number of hydrogen-bond acceptors (Lipinski definition) is 7. The molecule has 2 aliphatic rings. The zero-order valence-electron chi connectivity index (χ0n) is 23.4. The predicted molar refractivity (Wildman–Crippen MR) is 147 cm³/mol. The summed E-state index contributed by atoms with van der Waals surface area (Å²) in [5.74, 6) is -13.1. The normalized spacial score (nSPS) is 19.9. The van der Waals surface area contributed by atoms with Crippen molar-refractivity contribution in [1.82, 2.24) is 21.3 Å². The highest BCUT2D eigenvalue weighted by Crippen LogP contribution is 2.21. The number of carboxylic acids is 1. The van der Waals surface area contributed by atoms with Gasteiger partial charge in [0.05, 0.1) is 12.5 Å². The number of aliphatic carboxylic acids is 1. The molecule has 2 aromatic rings. The summed E-state index contributed by atoms with van der Waals surface area (Å²) in [5.41, 5.74) is 0.835. The minimum absolute atomic E-state index is 0.169. The number of ketones is 1. The Labute approximate surface area is 245 Å². The van der Waals surface area contributed by atoms with Crippen LogP contribution in [-0.2, 0) is 41.7 Å². The van der Waals surface area contributed by atoms with Gasteiger partial charge in [0.2, 0.25) is 17.6 Å². The minimum atomic E-state index is -4.54. The van der Waals surface area contributed by atoms with Gasteiger partial charge >= 0.3 is 11.9 Å². The van der Waals surface area contributed by atoms with Gasteiger partial charge in [-0.1, -0.05) is 56.3 Å². The number of halogens is 2. The molecule has 0 saturated carbocycles. The van der Waals surface area contributed by atoms with E-state index in [1.54, 1.807) is 30.3 Å². The number of amides is 4. The highest BCUT2D eigenvalue weighted by atomic mass is 19.3. The molecule has 5 N–H and O–H groups in total. The maximum Gasteiger partial charge on any atom is 0.383 e. The molecule has 2 aliphatic heterocycles. The van der Waals surface area contributed by atoms with Crippen molar-refractivity contribution < 1.29 is 47.4 Å². The van der Waals surface area contributed by atoms with Gasteiger partial charge in [-0.2, -0.15) is 8.78 Å². The molecule has 230 valence electrons. The summed E-state index contributed by atoms with van der Waals surface area (Å²) in [6.07, 6.45) is -1.28. The van der Waals surface area contributed by atoms with Gasteiger partial charge in [-0.3, -0.25) is 28.8 Å². The number of nitrogens with one attached hydrogen (secondary N) is 4. The summed E-state index contributed by atoms with van der Waals surface area (Å²) in [7, 11) is 0. The Hall–Kier alpha value is -4.88. The summed E-state index contributed by atoms with van der Waals surface area (Å²) in [4.78, 5) is 75.6. The monoisotopic (exact) mass is 602 g/mol. The van der Waals surface area contributed by atoms with Gasteiger partial charge in [0.25, 0.3) is 11.8 Å². The summed E-state index contributed by atoms with van der Waals surface area (Å²) in [6, 6.07) is 8.90. The van der Waals surface area contributed by atoms with Crippen LogP contribution in [0.3, 0.4) is 0 Å². The number of alkyl halides is 2. The number of carbonyl (C=O) groups is 6. The predicted octanol–water partition coefficient (Wildman–Crippen LogP) is 0.727. The van der Waals surface area contributed by atoms with E-state index in [2.05, 4.69) is 16.0 Å². The lowest BCUT2D eigenvalue weighted by Crippen LogP contribution is -2.60. The number of rotatable bonds is 8. The van der Waals surface area contributed by atoms with Crippen LogP contribution in [0.1, 0.15) is 31.4 Å². The Morgan fingerprint density at radius 2 is 1.63 bits per heavy atom. The fourth-order valence-electron chi connectivity index (χ4n) is 4.21. The molecule has 0 fully saturated rings. The lowest BCUT2D eigenvalue weighted by atomic mass is 9.96. The van der Waals surface area contributed by atoms with Gasteiger partial charge < -0.3 is 31.1 Å². The van der Waals surface area contributed by atoms with Crippen LogP contribution in [0.4, 0.5) is 8.78 Å². The number of benzene rings is 2. The standard InChI is InChI=1S/C29H32F2N4O8/c1-16(2)24-27(41)34-20(25(39)29(30,31)28(42)32-14-18-6-4-3-5-7-18)12-17-8-10-19(11-9-17)43-15-22(36)33-21(13-23(37)38)26(40)35-24/h3-11,16,20-21,24H,12-15H2,1-2H3,(H,32,42)(H,33,36)(H,34,41)(H,35,40)(H,37,38). The maximum absolute atomic E-state index is 15.2. The van der Waals surface area contributed by atoms with Crippen molar-refractivity contribution >= 4 is 35.4 Å². The lowest BCUT2D eigenvalue weighted by molar-refractivity contribution is -0.160. The molecule has 43 heavy (non-hydrogen) atoms. The first-order chi connectivity index (χ1) is 20.3.